The summed E-state index contributed by atoms with van der Waals surface area (Å²) in [6.07, 6.45) is 3.62. The first kappa shape index (κ1) is 13.1. The van der Waals surface area contributed by atoms with Gasteiger partial charge < -0.3 is 4.57 Å². The molecule has 1 heterocycles. The summed E-state index contributed by atoms with van der Waals surface area (Å²) in [6, 6.07) is 14.4. The minimum absolute atomic E-state index is 0.493. The number of fused-ring (bicyclic) bond motifs is 1. The van der Waals surface area contributed by atoms with Gasteiger partial charge in [0.25, 0.3) is 0 Å². The van der Waals surface area contributed by atoms with Crippen molar-refractivity contribution in [2.45, 2.75) is 11.5 Å². The van der Waals surface area contributed by atoms with E-state index in [0.29, 0.717) is 11.5 Å². The van der Waals surface area contributed by atoms with Crippen molar-refractivity contribution in [1.29, 1.82) is 0 Å². The maximum atomic E-state index is 12.3. The molecule has 2 aromatic carbocycles. The van der Waals surface area contributed by atoms with E-state index < -0.39 is 10.8 Å². The third kappa shape index (κ3) is 2.65. The molecule has 0 unspecified atom stereocenters. The van der Waals surface area contributed by atoms with E-state index in [4.69, 9.17) is 0 Å². The fraction of sp³-hybridized carbons (Fsp3) is 0.188. The zero-order valence-electron chi connectivity index (χ0n) is 11.3. The average molecular weight is 284 g/mol. The molecule has 0 aliphatic heterocycles. The van der Waals surface area contributed by atoms with E-state index in [1.807, 2.05) is 36.0 Å². The third-order valence-electron chi connectivity index (χ3n) is 3.41. The number of aryl methyl sites for hydroxylation is 1. The van der Waals surface area contributed by atoms with Gasteiger partial charge in [-0.05, 0) is 16.3 Å². The highest BCUT2D eigenvalue weighted by Gasteiger charge is 2.09. The van der Waals surface area contributed by atoms with Crippen LogP contribution in [-0.2, 0) is 29.4 Å². The molecule has 1 atom stereocenters. The Morgan fingerprint density at radius 1 is 1.10 bits per heavy atom. The highest BCUT2D eigenvalue weighted by Crippen LogP contribution is 2.20. The molecule has 0 amide bonds. The molecule has 0 radical (unpaired) electrons. The number of benzene rings is 2. The molecule has 0 aliphatic rings. The van der Waals surface area contributed by atoms with Gasteiger partial charge in [-0.25, -0.2) is 4.98 Å². The highest BCUT2D eigenvalue weighted by molar-refractivity contribution is 7.83. The molecule has 0 saturated carbocycles. The van der Waals surface area contributed by atoms with Crippen molar-refractivity contribution in [2.24, 2.45) is 7.05 Å². The Balaban J connectivity index is 1.83. The molecule has 3 nitrogen and oxygen atoms in total. The van der Waals surface area contributed by atoms with Gasteiger partial charge in [0.2, 0.25) is 0 Å². The second-order valence-corrected chi connectivity index (χ2v) is 6.28. The SMILES string of the molecule is Cn1ccnc1C[S@](=O)Cc1cccc2ccccc12. The monoisotopic (exact) mass is 284 g/mol. The van der Waals surface area contributed by atoms with Crippen LogP contribution in [0.15, 0.2) is 54.9 Å². The summed E-state index contributed by atoms with van der Waals surface area (Å²) in [5, 5.41) is 2.38. The number of rotatable bonds is 4. The number of imidazole rings is 1. The fourth-order valence-corrected chi connectivity index (χ4v) is 3.59. The van der Waals surface area contributed by atoms with E-state index in [9.17, 15) is 4.21 Å². The van der Waals surface area contributed by atoms with Gasteiger partial charge in [-0.2, -0.15) is 0 Å². The van der Waals surface area contributed by atoms with Crippen molar-refractivity contribution in [3.63, 3.8) is 0 Å². The minimum Gasteiger partial charge on any atom is -0.337 e. The first-order chi connectivity index (χ1) is 9.74. The van der Waals surface area contributed by atoms with Gasteiger partial charge in [0.1, 0.15) is 5.82 Å². The molecule has 20 heavy (non-hydrogen) atoms. The molecule has 0 spiro atoms. The summed E-state index contributed by atoms with van der Waals surface area (Å²) in [7, 11) is 0.978. The van der Waals surface area contributed by atoms with Crippen molar-refractivity contribution in [1.82, 2.24) is 9.55 Å². The van der Waals surface area contributed by atoms with E-state index in [0.717, 1.165) is 11.4 Å². The van der Waals surface area contributed by atoms with Crippen LogP contribution in [0.2, 0.25) is 0 Å². The van der Waals surface area contributed by atoms with Crippen molar-refractivity contribution in [3.8, 4) is 0 Å². The van der Waals surface area contributed by atoms with Crippen LogP contribution in [0, 0.1) is 0 Å². The van der Waals surface area contributed by atoms with Crippen molar-refractivity contribution >= 4 is 21.6 Å². The quantitative estimate of drug-likeness (QED) is 0.738. The number of aromatic nitrogens is 2. The lowest BCUT2D eigenvalue weighted by Gasteiger charge is -2.07. The van der Waals surface area contributed by atoms with E-state index in [1.165, 1.54) is 10.8 Å². The van der Waals surface area contributed by atoms with Crippen LogP contribution in [0.5, 0.6) is 0 Å². The summed E-state index contributed by atoms with van der Waals surface area (Å²) < 4.78 is 14.3. The molecule has 0 aliphatic carbocycles. The number of hydrogen-bond acceptors (Lipinski definition) is 2. The van der Waals surface area contributed by atoms with Gasteiger partial charge in [-0.3, -0.25) is 4.21 Å². The Morgan fingerprint density at radius 2 is 1.90 bits per heavy atom. The second kappa shape index (κ2) is 5.59. The molecule has 0 bridgehead atoms. The lowest BCUT2D eigenvalue weighted by molar-refractivity contribution is 0.679. The lowest BCUT2D eigenvalue weighted by Crippen LogP contribution is -2.05. The van der Waals surface area contributed by atoms with Crippen molar-refractivity contribution < 1.29 is 4.21 Å². The van der Waals surface area contributed by atoms with Gasteiger partial charge in [-0.1, -0.05) is 42.5 Å². The van der Waals surface area contributed by atoms with Crippen LogP contribution < -0.4 is 0 Å². The molecular weight excluding hydrogens is 268 g/mol. The highest BCUT2D eigenvalue weighted by atomic mass is 32.2. The summed E-state index contributed by atoms with van der Waals surface area (Å²) >= 11 is 0. The van der Waals surface area contributed by atoms with Crippen LogP contribution in [0.1, 0.15) is 11.4 Å². The lowest BCUT2D eigenvalue weighted by atomic mass is 10.1. The average Bonchev–Trinajstić information content (AvgIpc) is 2.85. The smallest absolute Gasteiger partial charge is 0.121 e. The Hall–Kier alpha value is -1.94. The van der Waals surface area contributed by atoms with E-state index in [1.54, 1.807) is 6.20 Å². The topological polar surface area (TPSA) is 34.9 Å². The molecule has 0 N–H and O–H groups in total. The predicted octanol–water partition coefficient (Wildman–Crippen LogP) is 3.02. The van der Waals surface area contributed by atoms with E-state index in [2.05, 4.69) is 29.2 Å². The first-order valence-electron chi connectivity index (χ1n) is 6.52. The van der Waals surface area contributed by atoms with Crippen LogP contribution >= 0.6 is 0 Å². The normalized spacial score (nSPS) is 12.7. The summed E-state index contributed by atoms with van der Waals surface area (Å²) in [5.74, 6) is 1.92. The zero-order chi connectivity index (χ0) is 13.9. The Morgan fingerprint density at radius 3 is 2.70 bits per heavy atom. The number of nitrogens with zero attached hydrogens (tertiary/aromatic N) is 2. The van der Waals surface area contributed by atoms with Crippen molar-refractivity contribution in [3.05, 3.63) is 66.2 Å². The Bertz CT molecular complexity index is 759. The maximum Gasteiger partial charge on any atom is 0.121 e. The Kier molecular flexibility index (Phi) is 3.65. The summed E-state index contributed by atoms with van der Waals surface area (Å²) in [6.45, 7) is 0. The van der Waals surface area contributed by atoms with E-state index in [-0.39, 0.29) is 0 Å². The van der Waals surface area contributed by atoms with Crippen LogP contribution in [-0.4, -0.2) is 13.8 Å². The summed E-state index contributed by atoms with van der Waals surface area (Å²) in [4.78, 5) is 4.23. The zero-order valence-corrected chi connectivity index (χ0v) is 12.1. The molecular formula is C16H16N2OS. The molecule has 4 heteroatoms. The molecule has 3 rings (SSSR count). The minimum atomic E-state index is -0.950. The molecule has 3 aromatic rings. The summed E-state index contributed by atoms with van der Waals surface area (Å²) in [5.41, 5.74) is 1.13. The molecule has 0 fully saturated rings. The first-order valence-corrected chi connectivity index (χ1v) is 8.00. The van der Waals surface area contributed by atoms with Crippen molar-refractivity contribution in [2.75, 3.05) is 0 Å². The Labute approximate surface area is 120 Å². The standard InChI is InChI=1S/C16H16N2OS/c1-18-10-9-17-16(18)12-20(19)11-14-7-4-6-13-5-2-3-8-15(13)14/h2-10H,11-12H2,1H3/t20-/m1/s1. The van der Waals surface area contributed by atoms with Gasteiger partial charge >= 0.3 is 0 Å². The van der Waals surface area contributed by atoms with Gasteiger partial charge in [0.05, 0.1) is 5.75 Å². The second-order valence-electron chi connectivity index (χ2n) is 4.82. The third-order valence-corrected chi connectivity index (χ3v) is 4.62. The van der Waals surface area contributed by atoms with Crippen LogP contribution in [0.25, 0.3) is 10.8 Å². The fourth-order valence-electron chi connectivity index (χ4n) is 2.32. The van der Waals surface area contributed by atoms with Gasteiger partial charge in [0, 0.05) is 36.0 Å². The largest absolute Gasteiger partial charge is 0.337 e. The van der Waals surface area contributed by atoms with Gasteiger partial charge in [-0.15, -0.1) is 0 Å². The number of hydrogen-bond donors (Lipinski definition) is 0. The van der Waals surface area contributed by atoms with Gasteiger partial charge in [0.15, 0.2) is 0 Å². The molecule has 102 valence electrons. The van der Waals surface area contributed by atoms with Crippen LogP contribution in [0.4, 0.5) is 0 Å². The van der Waals surface area contributed by atoms with Crippen LogP contribution in [0.3, 0.4) is 0 Å². The molecule has 0 saturated heterocycles. The predicted molar refractivity (Wildman–Crippen MR) is 82.7 cm³/mol. The van der Waals surface area contributed by atoms with E-state index >= 15 is 0 Å². The maximum absolute atomic E-state index is 12.3. The molecule has 1 aromatic heterocycles.